The number of hydrogen-bond donors (Lipinski definition) is 2. The first kappa shape index (κ1) is 21.3. The van der Waals surface area contributed by atoms with E-state index in [2.05, 4.69) is 15.6 Å². The molecule has 0 heterocycles. The molecule has 0 aliphatic rings. The lowest BCUT2D eigenvalue weighted by Crippen LogP contribution is -2.34. The first-order valence-electron chi connectivity index (χ1n) is 6.91. The molecule has 7 nitrogen and oxygen atoms in total. The quantitative estimate of drug-likeness (QED) is 0.404. The number of nitrogens with zero attached hydrogens (tertiary/aromatic N) is 2. The number of ether oxygens (including phenoxy) is 2. The summed E-state index contributed by atoms with van der Waals surface area (Å²) in [5, 5.41) is 6.23. The van der Waals surface area contributed by atoms with Crippen LogP contribution in [0.4, 0.5) is 5.69 Å². The second-order valence-electron chi connectivity index (χ2n) is 4.73. The summed E-state index contributed by atoms with van der Waals surface area (Å²) in [6, 6.07) is 5.49. The molecule has 0 aliphatic heterocycles. The number of methoxy groups -OCH3 is 2. The van der Waals surface area contributed by atoms with Crippen molar-refractivity contribution in [2.75, 3.05) is 47.2 Å². The van der Waals surface area contributed by atoms with Crippen LogP contribution >= 0.6 is 24.0 Å². The van der Waals surface area contributed by atoms with Crippen LogP contribution in [-0.4, -0.2) is 58.7 Å². The number of anilines is 1. The standard InChI is InChI=1S/C15H24N4O3.HI/c1-16-15(17-9-8-14(20)19(2)3)18-11-6-7-12(21-4)13(10-11)22-5;/h6-7,10H,8-9H2,1-5H3,(H2,16,17,18);1H. The lowest BCUT2D eigenvalue weighted by molar-refractivity contribution is -0.128. The molecular weight excluding hydrogens is 411 g/mol. The van der Waals surface area contributed by atoms with Crippen molar-refractivity contribution >= 4 is 41.5 Å². The Morgan fingerprint density at radius 1 is 1.22 bits per heavy atom. The predicted octanol–water partition coefficient (Wildman–Crippen LogP) is 1.79. The fraction of sp³-hybridized carbons (Fsp3) is 0.467. The van der Waals surface area contributed by atoms with Gasteiger partial charge < -0.3 is 25.0 Å². The van der Waals surface area contributed by atoms with Crippen LogP contribution in [0.3, 0.4) is 0 Å². The Kier molecular flexibility index (Phi) is 10.1. The van der Waals surface area contributed by atoms with E-state index in [4.69, 9.17) is 9.47 Å². The number of carbonyl (C=O) groups is 1. The van der Waals surface area contributed by atoms with Crippen molar-refractivity contribution in [3.8, 4) is 11.5 Å². The highest BCUT2D eigenvalue weighted by Gasteiger charge is 2.07. The minimum absolute atomic E-state index is 0. The Hall–Kier alpha value is -1.71. The number of carbonyl (C=O) groups excluding carboxylic acids is 1. The van der Waals surface area contributed by atoms with Crippen LogP contribution in [0.15, 0.2) is 23.2 Å². The number of halogens is 1. The monoisotopic (exact) mass is 436 g/mol. The Balaban J connectivity index is 0.00000484. The van der Waals surface area contributed by atoms with Crippen molar-refractivity contribution < 1.29 is 14.3 Å². The van der Waals surface area contributed by atoms with E-state index in [-0.39, 0.29) is 29.9 Å². The molecule has 1 aromatic carbocycles. The van der Waals surface area contributed by atoms with Gasteiger partial charge in [0.15, 0.2) is 17.5 Å². The molecule has 1 amide bonds. The molecule has 0 aromatic heterocycles. The maximum Gasteiger partial charge on any atom is 0.223 e. The van der Waals surface area contributed by atoms with Gasteiger partial charge >= 0.3 is 0 Å². The molecule has 0 fully saturated rings. The molecular formula is C15H25IN4O3. The maximum absolute atomic E-state index is 11.5. The van der Waals surface area contributed by atoms with Gasteiger partial charge in [0, 0.05) is 45.9 Å². The van der Waals surface area contributed by atoms with Crippen molar-refractivity contribution in [2.24, 2.45) is 4.99 Å². The summed E-state index contributed by atoms with van der Waals surface area (Å²) in [4.78, 5) is 17.2. The SMILES string of the molecule is CN=C(NCCC(=O)N(C)C)Nc1ccc(OC)c(OC)c1.I. The molecule has 0 spiro atoms. The van der Waals surface area contributed by atoms with Crippen molar-refractivity contribution in [1.29, 1.82) is 0 Å². The Bertz CT molecular complexity index is 535. The number of guanidine groups is 1. The smallest absolute Gasteiger partial charge is 0.223 e. The highest BCUT2D eigenvalue weighted by atomic mass is 127. The van der Waals surface area contributed by atoms with Crippen LogP contribution in [0.5, 0.6) is 11.5 Å². The largest absolute Gasteiger partial charge is 0.493 e. The van der Waals surface area contributed by atoms with Gasteiger partial charge in [0.25, 0.3) is 0 Å². The molecule has 0 saturated carbocycles. The highest BCUT2D eigenvalue weighted by molar-refractivity contribution is 14.0. The zero-order valence-corrected chi connectivity index (χ0v) is 16.5. The van der Waals surface area contributed by atoms with E-state index < -0.39 is 0 Å². The van der Waals surface area contributed by atoms with Gasteiger partial charge in [0.05, 0.1) is 14.2 Å². The molecule has 0 saturated heterocycles. The summed E-state index contributed by atoms with van der Waals surface area (Å²) in [6.45, 7) is 0.504. The van der Waals surface area contributed by atoms with Crippen molar-refractivity contribution in [1.82, 2.24) is 10.2 Å². The van der Waals surface area contributed by atoms with Gasteiger partial charge in [-0.15, -0.1) is 24.0 Å². The molecule has 0 atom stereocenters. The first-order chi connectivity index (χ1) is 10.5. The number of benzene rings is 1. The van der Waals surface area contributed by atoms with Crippen LogP contribution in [0, 0.1) is 0 Å². The molecule has 23 heavy (non-hydrogen) atoms. The van der Waals surface area contributed by atoms with E-state index >= 15 is 0 Å². The van der Waals surface area contributed by atoms with E-state index in [0.717, 1.165) is 5.69 Å². The van der Waals surface area contributed by atoms with E-state index in [1.165, 1.54) is 0 Å². The molecule has 2 N–H and O–H groups in total. The second-order valence-corrected chi connectivity index (χ2v) is 4.73. The summed E-state index contributed by atoms with van der Waals surface area (Å²) in [7, 11) is 8.32. The average molecular weight is 436 g/mol. The van der Waals surface area contributed by atoms with Crippen LogP contribution in [-0.2, 0) is 4.79 Å². The summed E-state index contributed by atoms with van der Waals surface area (Å²) in [5.74, 6) is 1.94. The lowest BCUT2D eigenvalue weighted by atomic mass is 10.2. The van der Waals surface area contributed by atoms with Crippen LogP contribution < -0.4 is 20.1 Å². The molecule has 0 bridgehead atoms. The van der Waals surface area contributed by atoms with E-state index in [1.807, 2.05) is 18.2 Å². The Labute approximate surface area is 154 Å². The van der Waals surface area contributed by atoms with Crippen molar-refractivity contribution in [3.05, 3.63) is 18.2 Å². The maximum atomic E-state index is 11.5. The lowest BCUT2D eigenvalue weighted by Gasteiger charge is -2.15. The van der Waals surface area contributed by atoms with Gasteiger partial charge in [0.2, 0.25) is 5.91 Å². The van der Waals surface area contributed by atoms with E-state index in [9.17, 15) is 4.79 Å². The van der Waals surface area contributed by atoms with Gasteiger partial charge in [-0.3, -0.25) is 9.79 Å². The summed E-state index contributed by atoms with van der Waals surface area (Å²) >= 11 is 0. The van der Waals surface area contributed by atoms with E-state index in [0.29, 0.717) is 30.4 Å². The zero-order valence-electron chi connectivity index (χ0n) is 14.2. The minimum atomic E-state index is 0. The number of rotatable bonds is 6. The molecule has 0 aliphatic carbocycles. The molecule has 1 aromatic rings. The molecule has 8 heteroatoms. The summed E-state index contributed by atoms with van der Waals surface area (Å²) < 4.78 is 10.5. The Morgan fingerprint density at radius 3 is 2.39 bits per heavy atom. The fourth-order valence-corrected chi connectivity index (χ4v) is 1.74. The fourth-order valence-electron chi connectivity index (χ4n) is 1.74. The van der Waals surface area contributed by atoms with Gasteiger partial charge in [0.1, 0.15) is 0 Å². The second kappa shape index (κ2) is 10.9. The van der Waals surface area contributed by atoms with Gasteiger partial charge in [-0.1, -0.05) is 0 Å². The van der Waals surface area contributed by atoms with Crippen molar-refractivity contribution in [3.63, 3.8) is 0 Å². The number of nitrogens with one attached hydrogen (secondary N) is 2. The topological polar surface area (TPSA) is 75.2 Å². The van der Waals surface area contributed by atoms with Crippen LogP contribution in [0.2, 0.25) is 0 Å². The van der Waals surface area contributed by atoms with Gasteiger partial charge in [-0.25, -0.2) is 0 Å². The first-order valence-corrected chi connectivity index (χ1v) is 6.91. The van der Waals surface area contributed by atoms with Crippen molar-refractivity contribution in [2.45, 2.75) is 6.42 Å². The average Bonchev–Trinajstić information content (AvgIpc) is 2.53. The highest BCUT2D eigenvalue weighted by Crippen LogP contribution is 2.29. The number of amides is 1. The predicted molar refractivity (Wildman–Crippen MR) is 103 cm³/mol. The summed E-state index contributed by atoms with van der Waals surface area (Å²) in [5.41, 5.74) is 0.810. The third kappa shape index (κ3) is 6.93. The van der Waals surface area contributed by atoms with E-state index in [1.54, 1.807) is 40.3 Å². The molecule has 130 valence electrons. The minimum Gasteiger partial charge on any atom is -0.493 e. The Morgan fingerprint density at radius 2 is 1.87 bits per heavy atom. The third-order valence-electron chi connectivity index (χ3n) is 3.00. The number of hydrogen-bond acceptors (Lipinski definition) is 4. The zero-order chi connectivity index (χ0) is 16.5. The molecule has 0 unspecified atom stereocenters. The van der Waals surface area contributed by atoms with Gasteiger partial charge in [-0.2, -0.15) is 0 Å². The van der Waals surface area contributed by atoms with Crippen LogP contribution in [0.25, 0.3) is 0 Å². The molecule has 1 rings (SSSR count). The number of aliphatic imine (C=N–C) groups is 1. The normalized spacial score (nSPS) is 10.4. The van der Waals surface area contributed by atoms with Gasteiger partial charge in [-0.05, 0) is 12.1 Å². The molecule has 0 radical (unpaired) electrons. The van der Waals surface area contributed by atoms with Crippen LogP contribution in [0.1, 0.15) is 6.42 Å². The summed E-state index contributed by atoms with van der Waals surface area (Å²) in [6.07, 6.45) is 0.402. The third-order valence-corrected chi connectivity index (χ3v) is 3.00.